The van der Waals surface area contributed by atoms with Crippen LogP contribution in [0.2, 0.25) is 0 Å². The molecule has 0 saturated carbocycles. The maximum Gasteiger partial charge on any atom is 0.0678 e. The molecule has 2 aliphatic rings. The smallest absolute Gasteiger partial charge is 0.0678 e. The minimum absolute atomic E-state index is 0.295. The number of benzene rings is 1. The highest BCUT2D eigenvalue weighted by atomic mass is 16.5. The Kier molecular flexibility index (Phi) is 6.16. The van der Waals surface area contributed by atoms with Gasteiger partial charge in [-0.1, -0.05) is 18.2 Å². The molecule has 1 N–H and O–H groups in total. The Morgan fingerprint density at radius 2 is 1.56 bits per heavy atom. The van der Waals surface area contributed by atoms with E-state index in [0.29, 0.717) is 30.7 Å². The molecule has 140 valence electrons. The third-order valence-corrected chi connectivity index (χ3v) is 5.90. The predicted octanol–water partition coefficient (Wildman–Crippen LogP) is 2.45. The highest BCUT2D eigenvalue weighted by Crippen LogP contribution is 2.28. The van der Waals surface area contributed by atoms with E-state index in [1.807, 2.05) is 0 Å². The van der Waals surface area contributed by atoms with Gasteiger partial charge in [-0.2, -0.15) is 0 Å². The Balaban J connectivity index is 1.62. The molecule has 0 unspecified atom stereocenters. The van der Waals surface area contributed by atoms with Crippen LogP contribution in [0.25, 0.3) is 0 Å². The summed E-state index contributed by atoms with van der Waals surface area (Å²) in [6.07, 6.45) is 0.618. The molecule has 0 spiro atoms. The number of morpholine rings is 1. The standard InChI is InChI=1S/C21H34N2O2/c1-15-6-5-7-16(2)21(15)13-23-11-19(20(12-23)14-24)10-22-8-17(3)25-18(4)9-22/h5-7,17-20,24H,8-14H2,1-4H3/t17-,18+,19-,20-/m1/s1. The number of aliphatic hydroxyl groups is 1. The van der Waals surface area contributed by atoms with Crippen molar-refractivity contribution < 1.29 is 9.84 Å². The molecule has 4 atom stereocenters. The van der Waals surface area contributed by atoms with E-state index in [9.17, 15) is 5.11 Å². The normalized spacial score (nSPS) is 31.6. The van der Waals surface area contributed by atoms with E-state index in [1.165, 1.54) is 16.7 Å². The highest BCUT2D eigenvalue weighted by Gasteiger charge is 2.35. The van der Waals surface area contributed by atoms with Crippen molar-refractivity contribution in [2.45, 2.75) is 46.4 Å². The summed E-state index contributed by atoms with van der Waals surface area (Å²) in [4.78, 5) is 5.07. The van der Waals surface area contributed by atoms with Gasteiger partial charge in [0.25, 0.3) is 0 Å². The SMILES string of the molecule is Cc1cccc(C)c1CN1C[C@H](CO)[C@H](CN2C[C@@H](C)O[C@@H](C)C2)C1. The van der Waals surface area contributed by atoms with Crippen molar-refractivity contribution in [3.8, 4) is 0 Å². The van der Waals surface area contributed by atoms with Crippen molar-refractivity contribution in [1.29, 1.82) is 0 Å². The molecule has 2 aliphatic heterocycles. The number of rotatable bonds is 5. The second kappa shape index (κ2) is 8.17. The van der Waals surface area contributed by atoms with E-state index >= 15 is 0 Å². The lowest BCUT2D eigenvalue weighted by Gasteiger charge is -2.37. The number of nitrogens with zero attached hydrogens (tertiary/aromatic N) is 2. The molecule has 0 aliphatic carbocycles. The maximum atomic E-state index is 9.89. The molecule has 25 heavy (non-hydrogen) atoms. The second-order valence-corrected chi connectivity index (χ2v) is 8.24. The number of aliphatic hydroxyl groups excluding tert-OH is 1. The van der Waals surface area contributed by atoms with Crippen molar-refractivity contribution in [2.24, 2.45) is 11.8 Å². The van der Waals surface area contributed by atoms with Crippen LogP contribution in [0.1, 0.15) is 30.5 Å². The van der Waals surface area contributed by atoms with Crippen LogP contribution in [0, 0.1) is 25.7 Å². The van der Waals surface area contributed by atoms with E-state index in [0.717, 1.165) is 39.3 Å². The van der Waals surface area contributed by atoms with Gasteiger partial charge in [-0.3, -0.25) is 9.80 Å². The van der Waals surface area contributed by atoms with Gasteiger partial charge in [0, 0.05) is 45.9 Å². The summed E-state index contributed by atoms with van der Waals surface area (Å²) in [5, 5.41) is 9.89. The highest BCUT2D eigenvalue weighted by molar-refractivity contribution is 5.33. The van der Waals surface area contributed by atoms with Crippen LogP contribution in [0.5, 0.6) is 0 Å². The molecular weight excluding hydrogens is 312 g/mol. The fourth-order valence-corrected chi connectivity index (χ4v) is 4.67. The van der Waals surface area contributed by atoms with Crippen LogP contribution in [-0.4, -0.2) is 66.4 Å². The molecular formula is C21H34N2O2. The summed E-state index contributed by atoms with van der Waals surface area (Å²) in [7, 11) is 0. The number of aryl methyl sites for hydroxylation is 2. The molecule has 2 heterocycles. The summed E-state index contributed by atoms with van der Waals surface area (Å²) in [5.74, 6) is 0.935. The lowest BCUT2D eigenvalue weighted by molar-refractivity contribution is -0.0727. The molecule has 3 rings (SSSR count). The van der Waals surface area contributed by atoms with Gasteiger partial charge in [0.2, 0.25) is 0 Å². The second-order valence-electron chi connectivity index (χ2n) is 8.24. The Labute approximate surface area is 152 Å². The van der Waals surface area contributed by atoms with E-state index in [1.54, 1.807) is 0 Å². The topological polar surface area (TPSA) is 35.9 Å². The largest absolute Gasteiger partial charge is 0.396 e. The molecule has 4 nitrogen and oxygen atoms in total. The quantitative estimate of drug-likeness (QED) is 0.888. The van der Waals surface area contributed by atoms with Gasteiger partial charge in [0.1, 0.15) is 0 Å². The zero-order chi connectivity index (χ0) is 18.0. The van der Waals surface area contributed by atoms with Crippen LogP contribution >= 0.6 is 0 Å². The molecule has 1 aromatic rings. The van der Waals surface area contributed by atoms with Crippen molar-refractivity contribution >= 4 is 0 Å². The van der Waals surface area contributed by atoms with E-state index in [4.69, 9.17) is 4.74 Å². The van der Waals surface area contributed by atoms with Gasteiger partial charge >= 0.3 is 0 Å². The summed E-state index contributed by atoms with van der Waals surface area (Å²) in [6.45, 7) is 15.2. The van der Waals surface area contributed by atoms with Crippen molar-refractivity contribution in [3.63, 3.8) is 0 Å². The van der Waals surface area contributed by atoms with Gasteiger partial charge in [-0.15, -0.1) is 0 Å². The van der Waals surface area contributed by atoms with Gasteiger partial charge in [-0.05, 0) is 56.2 Å². The molecule has 0 amide bonds. The molecule has 0 bridgehead atoms. The lowest BCUT2D eigenvalue weighted by Crippen LogP contribution is -2.48. The first kappa shape index (κ1) is 18.8. The number of hydrogen-bond donors (Lipinski definition) is 1. The monoisotopic (exact) mass is 346 g/mol. The first-order valence-electron chi connectivity index (χ1n) is 9.72. The van der Waals surface area contributed by atoms with Crippen LogP contribution in [-0.2, 0) is 11.3 Å². The Morgan fingerprint density at radius 1 is 0.960 bits per heavy atom. The number of hydrogen-bond acceptors (Lipinski definition) is 4. The Morgan fingerprint density at radius 3 is 2.16 bits per heavy atom. The zero-order valence-electron chi connectivity index (χ0n) is 16.2. The third-order valence-electron chi connectivity index (χ3n) is 5.90. The third kappa shape index (κ3) is 4.62. The van der Waals surface area contributed by atoms with Crippen LogP contribution < -0.4 is 0 Å². The summed E-state index contributed by atoms with van der Waals surface area (Å²) < 4.78 is 5.86. The van der Waals surface area contributed by atoms with Crippen molar-refractivity contribution in [1.82, 2.24) is 9.80 Å². The number of likely N-dealkylation sites (tertiary alicyclic amines) is 1. The van der Waals surface area contributed by atoms with Gasteiger partial charge in [-0.25, -0.2) is 0 Å². The Bertz CT molecular complexity index is 547. The average molecular weight is 347 g/mol. The van der Waals surface area contributed by atoms with Crippen molar-refractivity contribution in [3.05, 3.63) is 34.9 Å². The maximum absolute atomic E-state index is 9.89. The molecule has 2 fully saturated rings. The van der Waals surface area contributed by atoms with Gasteiger partial charge < -0.3 is 9.84 Å². The predicted molar refractivity (Wildman–Crippen MR) is 102 cm³/mol. The Hall–Kier alpha value is -0.940. The van der Waals surface area contributed by atoms with Crippen molar-refractivity contribution in [2.75, 3.05) is 39.3 Å². The van der Waals surface area contributed by atoms with Gasteiger partial charge in [0.05, 0.1) is 12.2 Å². The molecule has 1 aromatic carbocycles. The van der Waals surface area contributed by atoms with Crippen LogP contribution in [0.4, 0.5) is 0 Å². The summed E-state index contributed by atoms with van der Waals surface area (Å²) in [6, 6.07) is 6.55. The number of ether oxygens (including phenoxy) is 1. The average Bonchev–Trinajstić information content (AvgIpc) is 2.92. The fraction of sp³-hybridized carbons (Fsp3) is 0.714. The zero-order valence-corrected chi connectivity index (χ0v) is 16.2. The molecule has 0 aromatic heterocycles. The fourth-order valence-electron chi connectivity index (χ4n) is 4.67. The molecule has 4 heteroatoms. The van der Waals surface area contributed by atoms with Crippen LogP contribution in [0.15, 0.2) is 18.2 Å². The van der Waals surface area contributed by atoms with E-state index in [-0.39, 0.29) is 0 Å². The summed E-state index contributed by atoms with van der Waals surface area (Å²) >= 11 is 0. The minimum atomic E-state index is 0.295. The van der Waals surface area contributed by atoms with E-state index < -0.39 is 0 Å². The van der Waals surface area contributed by atoms with Gasteiger partial charge in [0.15, 0.2) is 0 Å². The molecule has 0 radical (unpaired) electrons. The lowest BCUT2D eigenvalue weighted by atomic mass is 9.96. The first-order valence-corrected chi connectivity index (χ1v) is 9.72. The first-order chi connectivity index (χ1) is 12.0. The summed E-state index contributed by atoms with van der Waals surface area (Å²) in [5.41, 5.74) is 4.20. The molecule has 2 saturated heterocycles. The van der Waals surface area contributed by atoms with E-state index in [2.05, 4.69) is 55.7 Å². The minimum Gasteiger partial charge on any atom is -0.396 e. The van der Waals surface area contributed by atoms with Crippen LogP contribution in [0.3, 0.4) is 0 Å².